The highest BCUT2D eigenvalue weighted by atomic mass is 32.2. The van der Waals surface area contributed by atoms with Crippen LogP contribution < -0.4 is 15.2 Å². The maximum absolute atomic E-state index is 14.4. The minimum atomic E-state index is -0.803. The van der Waals surface area contributed by atoms with Gasteiger partial charge in [0.15, 0.2) is 17.3 Å². The monoisotopic (exact) mass is 526 g/mol. The van der Waals surface area contributed by atoms with Gasteiger partial charge in [-0.3, -0.25) is 4.79 Å². The van der Waals surface area contributed by atoms with Crippen molar-refractivity contribution < 1.29 is 18.3 Å². The molecular formula is C26H25F2N4O2PS. The number of pyridine rings is 1. The normalized spacial score (nSPS) is 12.3. The molecule has 2 aromatic carbocycles. The third-order valence-corrected chi connectivity index (χ3v) is 7.35. The SMILES string of the molecule is CPn1ccc2c(-c3cc(NSC(C(C)=O)=C(C)N)ccc3Oc3ccc(F)cc3F)cc(C)nc21. The second-order valence-electron chi connectivity index (χ2n) is 8.12. The third-order valence-electron chi connectivity index (χ3n) is 5.36. The fraction of sp³-hybridized carbons (Fsp3) is 0.154. The first-order valence-electron chi connectivity index (χ1n) is 11.0. The number of anilines is 1. The smallest absolute Gasteiger partial charge is 0.169 e. The lowest BCUT2D eigenvalue weighted by molar-refractivity contribution is -0.113. The first-order chi connectivity index (χ1) is 17.2. The van der Waals surface area contributed by atoms with E-state index in [1.54, 1.807) is 19.1 Å². The van der Waals surface area contributed by atoms with Crippen molar-refractivity contribution in [2.24, 2.45) is 5.73 Å². The van der Waals surface area contributed by atoms with Gasteiger partial charge in [0.2, 0.25) is 0 Å². The minimum absolute atomic E-state index is 0.0945. The van der Waals surface area contributed by atoms with Crippen LogP contribution in [0.3, 0.4) is 0 Å². The Morgan fingerprint density at radius 3 is 2.50 bits per heavy atom. The van der Waals surface area contributed by atoms with Crippen LogP contribution >= 0.6 is 20.7 Å². The van der Waals surface area contributed by atoms with Crippen LogP contribution in [0, 0.1) is 18.6 Å². The van der Waals surface area contributed by atoms with Crippen LogP contribution in [0.15, 0.2) is 65.3 Å². The van der Waals surface area contributed by atoms with Crippen molar-refractivity contribution in [3.8, 4) is 22.6 Å². The molecule has 2 heterocycles. The number of rotatable bonds is 8. The molecule has 1 atom stereocenters. The first-order valence-corrected chi connectivity index (χ1v) is 13.3. The van der Waals surface area contributed by atoms with E-state index in [4.69, 9.17) is 15.5 Å². The molecule has 0 aliphatic rings. The number of Topliss-reactive ketones (excluding diaryl/α,β-unsaturated/α-hetero) is 1. The molecule has 0 aliphatic carbocycles. The number of fused-ring (bicyclic) bond motifs is 1. The summed E-state index contributed by atoms with van der Waals surface area (Å²) >= 11 is 1.12. The van der Waals surface area contributed by atoms with Crippen molar-refractivity contribution in [1.82, 2.24) is 9.32 Å². The van der Waals surface area contributed by atoms with Crippen molar-refractivity contribution in [3.05, 3.63) is 82.7 Å². The van der Waals surface area contributed by atoms with E-state index in [0.29, 0.717) is 36.3 Å². The Labute approximate surface area is 213 Å². The summed E-state index contributed by atoms with van der Waals surface area (Å²) in [5.74, 6) is -1.35. The van der Waals surface area contributed by atoms with Crippen LogP contribution in [-0.4, -0.2) is 21.8 Å². The summed E-state index contributed by atoms with van der Waals surface area (Å²) in [4.78, 5) is 17.0. The van der Waals surface area contributed by atoms with Gasteiger partial charge in [0.05, 0.1) is 4.91 Å². The second-order valence-corrected chi connectivity index (χ2v) is 9.86. The molecule has 0 amide bonds. The number of nitrogens with zero attached hydrogens (tertiary/aromatic N) is 2. The molecule has 2 aromatic heterocycles. The van der Waals surface area contributed by atoms with Gasteiger partial charge in [-0.25, -0.2) is 13.8 Å². The Balaban J connectivity index is 1.84. The number of hydrogen-bond donors (Lipinski definition) is 2. The number of aromatic nitrogens is 2. The van der Waals surface area contributed by atoms with Gasteiger partial charge in [-0.2, -0.15) is 0 Å². The summed E-state index contributed by atoms with van der Waals surface area (Å²) in [6.07, 6.45) is 1.98. The Hall–Kier alpha value is -3.42. The van der Waals surface area contributed by atoms with Gasteiger partial charge in [0.25, 0.3) is 0 Å². The maximum atomic E-state index is 14.4. The number of nitrogens with one attached hydrogen (secondary N) is 1. The van der Waals surface area contributed by atoms with E-state index >= 15 is 0 Å². The molecule has 0 fully saturated rings. The number of benzene rings is 2. The molecule has 1 unspecified atom stereocenters. The summed E-state index contributed by atoms with van der Waals surface area (Å²) in [6, 6.07) is 12.4. The molecule has 10 heteroatoms. The standard InChI is InChI=1S/C26H25F2N4O2PS/c1-14-11-20(19-9-10-32(35-4)26(19)30-14)21-13-18(31-36-25(15(2)29)16(3)33)6-8-23(21)34-24-7-5-17(27)12-22(24)28/h5-13,31,35H,29H2,1-4H3. The molecule has 4 rings (SSSR count). The predicted octanol–water partition coefficient (Wildman–Crippen LogP) is 6.99. The lowest BCUT2D eigenvalue weighted by atomic mass is 10.0. The molecule has 6 nitrogen and oxygen atoms in total. The van der Waals surface area contributed by atoms with Crippen LogP contribution in [-0.2, 0) is 4.79 Å². The summed E-state index contributed by atoms with van der Waals surface area (Å²) in [7, 11) is 0.494. The zero-order valence-corrected chi connectivity index (χ0v) is 22.0. The van der Waals surface area contributed by atoms with Crippen LogP contribution in [0.5, 0.6) is 11.5 Å². The van der Waals surface area contributed by atoms with Crippen molar-refractivity contribution in [3.63, 3.8) is 0 Å². The first kappa shape index (κ1) is 25.7. The highest BCUT2D eigenvalue weighted by Gasteiger charge is 2.17. The summed E-state index contributed by atoms with van der Waals surface area (Å²) < 4.78 is 39.1. The van der Waals surface area contributed by atoms with E-state index in [1.807, 2.05) is 31.3 Å². The topological polar surface area (TPSA) is 82.2 Å². The number of carbonyl (C=O) groups is 1. The predicted molar refractivity (Wildman–Crippen MR) is 145 cm³/mol. The van der Waals surface area contributed by atoms with E-state index in [-0.39, 0.29) is 11.5 Å². The van der Waals surface area contributed by atoms with Crippen molar-refractivity contribution in [1.29, 1.82) is 0 Å². The molecule has 0 radical (unpaired) electrons. The molecule has 0 aliphatic heterocycles. The van der Waals surface area contributed by atoms with E-state index in [0.717, 1.165) is 46.4 Å². The molecule has 186 valence electrons. The van der Waals surface area contributed by atoms with Crippen molar-refractivity contribution in [2.45, 2.75) is 20.8 Å². The van der Waals surface area contributed by atoms with E-state index in [1.165, 1.54) is 13.0 Å². The van der Waals surface area contributed by atoms with E-state index < -0.39 is 11.6 Å². The number of aryl methyl sites for hydroxylation is 1. The molecule has 0 bridgehead atoms. The van der Waals surface area contributed by atoms with E-state index in [2.05, 4.69) is 15.7 Å². The van der Waals surface area contributed by atoms with Gasteiger partial charge >= 0.3 is 0 Å². The van der Waals surface area contributed by atoms with Crippen LogP contribution in [0.4, 0.5) is 14.5 Å². The fourth-order valence-electron chi connectivity index (χ4n) is 3.75. The van der Waals surface area contributed by atoms with Crippen molar-refractivity contribution >= 4 is 43.2 Å². The summed E-state index contributed by atoms with van der Waals surface area (Å²) in [6.45, 7) is 7.09. The average Bonchev–Trinajstić information content (AvgIpc) is 3.23. The highest BCUT2D eigenvalue weighted by Crippen LogP contribution is 2.41. The van der Waals surface area contributed by atoms with Gasteiger partial charge < -0.3 is 19.5 Å². The molecule has 0 saturated heterocycles. The second kappa shape index (κ2) is 10.7. The Kier molecular flexibility index (Phi) is 7.62. The minimum Gasteiger partial charge on any atom is -0.454 e. The van der Waals surface area contributed by atoms with Gasteiger partial charge in [-0.05, 0) is 96.1 Å². The van der Waals surface area contributed by atoms with Gasteiger partial charge in [0, 0.05) is 40.3 Å². The largest absolute Gasteiger partial charge is 0.454 e. The van der Waals surface area contributed by atoms with Crippen LogP contribution in [0.1, 0.15) is 19.5 Å². The average molecular weight is 527 g/mol. The molecule has 36 heavy (non-hydrogen) atoms. The quantitative estimate of drug-likeness (QED) is 0.146. The molecular weight excluding hydrogens is 501 g/mol. The number of hydrogen-bond acceptors (Lipinski definition) is 6. The van der Waals surface area contributed by atoms with Crippen LogP contribution in [0.25, 0.3) is 22.2 Å². The number of halogens is 2. The van der Waals surface area contributed by atoms with E-state index in [9.17, 15) is 13.6 Å². The van der Waals surface area contributed by atoms with Crippen LogP contribution in [0.2, 0.25) is 0 Å². The lowest BCUT2D eigenvalue weighted by Gasteiger charge is -2.16. The number of allylic oxidation sites excluding steroid dienone is 2. The third kappa shape index (κ3) is 5.37. The summed E-state index contributed by atoms with van der Waals surface area (Å²) in [5.41, 5.74) is 10.1. The number of carbonyl (C=O) groups excluding carboxylic acids is 1. The maximum Gasteiger partial charge on any atom is 0.169 e. The molecule has 3 N–H and O–H groups in total. The molecule has 4 aromatic rings. The summed E-state index contributed by atoms with van der Waals surface area (Å²) in [5, 5.41) is 0.909. The fourth-order valence-corrected chi connectivity index (χ4v) is 5.00. The number of ether oxygens (including phenoxy) is 1. The van der Waals surface area contributed by atoms with Gasteiger partial charge in [-0.1, -0.05) is 0 Å². The number of ketones is 1. The highest BCUT2D eigenvalue weighted by molar-refractivity contribution is 8.05. The number of nitrogens with two attached hydrogens (primary N) is 1. The van der Waals surface area contributed by atoms with Crippen molar-refractivity contribution in [2.75, 3.05) is 11.4 Å². The van der Waals surface area contributed by atoms with Gasteiger partial charge in [-0.15, -0.1) is 0 Å². The molecule has 0 spiro atoms. The molecule has 0 saturated carbocycles. The van der Waals surface area contributed by atoms with Gasteiger partial charge in [0.1, 0.15) is 17.2 Å². The Bertz CT molecular complexity index is 1500. The zero-order valence-electron chi connectivity index (χ0n) is 20.1. The Morgan fingerprint density at radius 2 is 1.83 bits per heavy atom. The zero-order chi connectivity index (χ0) is 26.0. The Morgan fingerprint density at radius 1 is 1.08 bits per heavy atom. The lowest BCUT2D eigenvalue weighted by Crippen LogP contribution is -2.05.